The van der Waals surface area contributed by atoms with Gasteiger partial charge in [0.2, 0.25) is 11.6 Å². The summed E-state index contributed by atoms with van der Waals surface area (Å²) in [5, 5.41) is 7.75. The molecule has 0 bridgehead atoms. The number of nitrogens with zero attached hydrogens (tertiary/aromatic N) is 6. The largest absolute Gasteiger partial charge is 0.451 e. The number of amides is 2. The number of hydrogen-bond acceptors (Lipinski definition) is 8. The van der Waals surface area contributed by atoms with Gasteiger partial charge in [-0.15, -0.1) is 21.5 Å². The van der Waals surface area contributed by atoms with Crippen LogP contribution in [0, 0.1) is 0 Å². The molecule has 4 heterocycles. The second-order valence-corrected chi connectivity index (χ2v) is 9.45. The second kappa shape index (κ2) is 9.76. The van der Waals surface area contributed by atoms with Crippen molar-refractivity contribution in [3.05, 3.63) is 64.3 Å². The first-order chi connectivity index (χ1) is 17.7. The van der Waals surface area contributed by atoms with E-state index in [1.807, 2.05) is 13.0 Å². The zero-order valence-corrected chi connectivity index (χ0v) is 20.4. The highest BCUT2D eigenvalue weighted by Crippen LogP contribution is 2.34. The molecule has 3 aromatic heterocycles. The fraction of sp³-hybridized carbons (Fsp3) is 0.304. The van der Waals surface area contributed by atoms with Crippen LogP contribution in [0.5, 0.6) is 0 Å². The summed E-state index contributed by atoms with van der Waals surface area (Å²) >= 11 is 1.42. The normalized spacial score (nSPS) is 13.5. The van der Waals surface area contributed by atoms with E-state index in [2.05, 4.69) is 31.0 Å². The van der Waals surface area contributed by atoms with E-state index in [1.54, 1.807) is 35.2 Å². The Bertz CT molecular complexity index is 1470. The van der Waals surface area contributed by atoms with E-state index in [0.29, 0.717) is 21.6 Å². The molecule has 0 fully saturated rings. The van der Waals surface area contributed by atoms with E-state index >= 15 is 0 Å². The number of benzene rings is 1. The molecule has 2 N–H and O–H groups in total. The molecule has 37 heavy (non-hydrogen) atoms. The summed E-state index contributed by atoms with van der Waals surface area (Å²) in [4.78, 5) is 37.4. The summed E-state index contributed by atoms with van der Waals surface area (Å²) in [5.41, 5.74) is 5.03. The zero-order chi connectivity index (χ0) is 26.2. The van der Waals surface area contributed by atoms with E-state index in [1.165, 1.54) is 11.3 Å². The minimum atomic E-state index is -4.60. The molecule has 0 saturated carbocycles. The molecule has 0 unspecified atom stereocenters. The summed E-state index contributed by atoms with van der Waals surface area (Å²) in [6, 6.07) is 10.3. The van der Waals surface area contributed by atoms with E-state index in [0.717, 1.165) is 22.3 Å². The van der Waals surface area contributed by atoms with Gasteiger partial charge < -0.3 is 9.47 Å². The fourth-order valence-electron chi connectivity index (χ4n) is 4.05. The van der Waals surface area contributed by atoms with Crippen LogP contribution in [0.3, 0.4) is 0 Å². The highest BCUT2D eigenvalue weighted by Gasteiger charge is 2.39. The smallest absolute Gasteiger partial charge is 0.347 e. The van der Waals surface area contributed by atoms with Crippen LogP contribution in [0.4, 0.5) is 19.0 Å². The summed E-state index contributed by atoms with van der Waals surface area (Å²) in [5.74, 6) is -1.89. The Hall–Kier alpha value is -4.07. The number of thiophene rings is 1. The van der Waals surface area contributed by atoms with Crippen molar-refractivity contribution in [2.24, 2.45) is 0 Å². The topological polar surface area (TPSA) is 118 Å². The highest BCUT2D eigenvalue weighted by atomic mass is 32.1. The number of anilines is 1. The maximum atomic E-state index is 13.3. The van der Waals surface area contributed by atoms with Crippen LogP contribution in [0.2, 0.25) is 0 Å². The van der Waals surface area contributed by atoms with E-state index in [9.17, 15) is 22.8 Å². The molecule has 192 valence electrons. The molecule has 14 heteroatoms. The third-order valence-electron chi connectivity index (χ3n) is 5.75. The Kier molecular flexibility index (Phi) is 6.50. The molecule has 0 spiro atoms. The van der Waals surface area contributed by atoms with Crippen molar-refractivity contribution >= 4 is 39.2 Å². The van der Waals surface area contributed by atoms with Gasteiger partial charge in [0, 0.05) is 23.5 Å². The number of fused-ring (bicyclic) bond motifs is 2. The lowest BCUT2D eigenvalue weighted by atomic mass is 10.2. The summed E-state index contributed by atoms with van der Waals surface area (Å²) in [7, 11) is 0. The maximum Gasteiger partial charge on any atom is 0.451 e. The van der Waals surface area contributed by atoms with Gasteiger partial charge in [-0.05, 0) is 24.6 Å². The number of hydrogen-bond donors (Lipinski definition) is 2. The maximum absolute atomic E-state index is 13.3. The lowest BCUT2D eigenvalue weighted by molar-refractivity contribution is -0.147. The van der Waals surface area contributed by atoms with Crippen molar-refractivity contribution in [2.75, 3.05) is 11.4 Å². The highest BCUT2D eigenvalue weighted by molar-refractivity contribution is 7.18. The molecular formula is C23H21F3N8O2S. The number of hydrazine groups is 1. The van der Waals surface area contributed by atoms with Crippen LogP contribution in [0.25, 0.3) is 10.2 Å². The van der Waals surface area contributed by atoms with E-state index in [4.69, 9.17) is 0 Å². The van der Waals surface area contributed by atoms with Gasteiger partial charge in [-0.3, -0.25) is 20.4 Å². The van der Waals surface area contributed by atoms with Crippen LogP contribution in [0.15, 0.2) is 36.4 Å². The van der Waals surface area contributed by atoms with Gasteiger partial charge in [0.05, 0.1) is 11.9 Å². The minimum Gasteiger partial charge on any atom is -0.347 e. The molecule has 0 aliphatic carbocycles. The van der Waals surface area contributed by atoms with Crippen LogP contribution in [-0.2, 0) is 25.7 Å². The van der Waals surface area contributed by atoms with Crippen molar-refractivity contribution in [2.45, 2.75) is 39.0 Å². The van der Waals surface area contributed by atoms with Crippen LogP contribution in [0.1, 0.15) is 50.8 Å². The lowest BCUT2D eigenvalue weighted by Crippen LogP contribution is -2.42. The molecule has 2 amide bonds. The molecule has 1 aliphatic heterocycles. The Morgan fingerprint density at radius 3 is 2.54 bits per heavy atom. The molecule has 4 aromatic rings. The predicted octanol–water partition coefficient (Wildman–Crippen LogP) is 3.35. The standard InChI is InChI=1S/C23H21F3N8O2S/c1-2-6-14-11-15-18(33-9-10-34-16(12-33)29-32-22(34)23(24,25)26)27-17(28-21(15)37-14)20(36)31-30-19(35)13-7-4-3-5-8-13/h3-5,7-8,11H,2,6,9-10,12H2,1H3,(H,30,35)(H,31,36). The minimum absolute atomic E-state index is 0.00326. The molecule has 0 radical (unpaired) electrons. The number of aryl methyl sites for hydroxylation is 1. The molecular weight excluding hydrogens is 509 g/mol. The first-order valence-corrected chi connectivity index (χ1v) is 12.3. The summed E-state index contributed by atoms with van der Waals surface area (Å²) in [6.45, 7) is 2.27. The molecule has 0 saturated heterocycles. The number of alkyl halides is 3. The number of rotatable bonds is 5. The quantitative estimate of drug-likeness (QED) is 0.380. The first-order valence-electron chi connectivity index (χ1n) is 11.4. The number of nitrogens with one attached hydrogen (secondary N) is 2. The number of carbonyl (C=O) groups is 2. The van der Waals surface area contributed by atoms with Gasteiger partial charge in [-0.1, -0.05) is 31.5 Å². The predicted molar refractivity (Wildman–Crippen MR) is 129 cm³/mol. The van der Waals surface area contributed by atoms with Crippen LogP contribution in [-0.4, -0.2) is 43.1 Å². The van der Waals surface area contributed by atoms with E-state index < -0.39 is 23.8 Å². The lowest BCUT2D eigenvalue weighted by Gasteiger charge is -2.29. The van der Waals surface area contributed by atoms with Gasteiger partial charge in [-0.25, -0.2) is 9.97 Å². The van der Waals surface area contributed by atoms with Gasteiger partial charge in [0.15, 0.2) is 5.82 Å². The Labute approximate surface area is 212 Å². The van der Waals surface area contributed by atoms with Crippen molar-refractivity contribution in [3.63, 3.8) is 0 Å². The van der Waals surface area contributed by atoms with Crippen molar-refractivity contribution in [1.82, 2.24) is 35.6 Å². The average molecular weight is 531 g/mol. The van der Waals surface area contributed by atoms with Gasteiger partial charge in [0.25, 0.3) is 5.91 Å². The SMILES string of the molecule is CCCc1cc2c(N3CCn4c(nnc4C(F)(F)F)C3)nc(C(=O)NNC(=O)c3ccccc3)nc2s1. The third-order valence-corrected chi connectivity index (χ3v) is 6.84. The van der Waals surface area contributed by atoms with Crippen LogP contribution >= 0.6 is 11.3 Å². The number of carbonyl (C=O) groups excluding carboxylic acids is 2. The van der Waals surface area contributed by atoms with Gasteiger partial charge in [-0.2, -0.15) is 13.2 Å². The molecule has 1 aliphatic rings. The second-order valence-electron chi connectivity index (χ2n) is 8.34. The summed E-state index contributed by atoms with van der Waals surface area (Å²) < 4.78 is 40.8. The number of aromatic nitrogens is 5. The van der Waals surface area contributed by atoms with Crippen molar-refractivity contribution < 1.29 is 22.8 Å². The monoisotopic (exact) mass is 530 g/mol. The van der Waals surface area contributed by atoms with Crippen molar-refractivity contribution in [3.8, 4) is 0 Å². The average Bonchev–Trinajstić information content (AvgIpc) is 3.50. The van der Waals surface area contributed by atoms with Crippen LogP contribution < -0.4 is 15.8 Å². The van der Waals surface area contributed by atoms with E-state index in [-0.39, 0.29) is 31.3 Å². The first kappa shape index (κ1) is 24.6. The molecule has 0 atom stereocenters. The zero-order valence-electron chi connectivity index (χ0n) is 19.5. The van der Waals surface area contributed by atoms with Gasteiger partial charge in [0.1, 0.15) is 10.6 Å². The molecule has 5 rings (SSSR count). The van der Waals surface area contributed by atoms with Gasteiger partial charge >= 0.3 is 12.1 Å². The molecule has 10 nitrogen and oxygen atoms in total. The molecule has 1 aromatic carbocycles. The Balaban J connectivity index is 1.44. The van der Waals surface area contributed by atoms with Crippen molar-refractivity contribution in [1.29, 1.82) is 0 Å². The Morgan fingerprint density at radius 2 is 1.81 bits per heavy atom. The number of halogens is 3. The Morgan fingerprint density at radius 1 is 1.05 bits per heavy atom. The fourth-order valence-corrected chi connectivity index (χ4v) is 5.17. The summed E-state index contributed by atoms with van der Waals surface area (Å²) in [6.07, 6.45) is -2.90. The third kappa shape index (κ3) is 4.96.